The standard InChI is InChI=1S/C23H30N4O4/c1-23(2,3)31-22(28)27-19(9-11-30-21-6-4-5-10-29-21)13-18-12-17(7-8-20(18)27)14-26-16-24-15-25-26/h7-8,12-13,15-16,21H,4-6,9-11,14H2,1-3H3. The van der Waals surface area contributed by atoms with E-state index in [1.807, 2.05) is 39.0 Å². The number of hydrogen-bond acceptors (Lipinski definition) is 6. The minimum absolute atomic E-state index is 0.151. The SMILES string of the molecule is CC(C)(C)OC(=O)n1c(CCOC2CCCCO2)cc2cc(Cn3cncn3)ccc21. The van der Waals surface area contributed by atoms with Crippen molar-refractivity contribution < 1.29 is 19.0 Å². The molecule has 0 amide bonds. The molecule has 1 fully saturated rings. The molecule has 0 N–H and O–H groups in total. The summed E-state index contributed by atoms with van der Waals surface area (Å²) in [5, 5.41) is 5.14. The maximum atomic E-state index is 13.0. The molecule has 1 saturated heterocycles. The Kier molecular flexibility index (Phi) is 6.38. The molecule has 1 aromatic carbocycles. The van der Waals surface area contributed by atoms with Crippen LogP contribution in [0.2, 0.25) is 0 Å². The van der Waals surface area contributed by atoms with E-state index in [1.54, 1.807) is 15.6 Å². The van der Waals surface area contributed by atoms with Crippen molar-refractivity contribution in [3.8, 4) is 0 Å². The molecule has 4 rings (SSSR count). The molecular formula is C23H30N4O4. The summed E-state index contributed by atoms with van der Waals surface area (Å²) >= 11 is 0. The summed E-state index contributed by atoms with van der Waals surface area (Å²) in [5.41, 5.74) is 2.18. The van der Waals surface area contributed by atoms with E-state index in [-0.39, 0.29) is 12.4 Å². The zero-order valence-electron chi connectivity index (χ0n) is 18.4. The van der Waals surface area contributed by atoms with Gasteiger partial charge in [-0.25, -0.2) is 19.0 Å². The molecule has 0 bridgehead atoms. The second-order valence-electron chi connectivity index (χ2n) is 8.85. The third-order valence-electron chi connectivity index (χ3n) is 5.13. The molecule has 2 aromatic heterocycles. The fourth-order valence-corrected chi connectivity index (χ4v) is 3.77. The van der Waals surface area contributed by atoms with E-state index in [2.05, 4.69) is 16.1 Å². The number of rotatable bonds is 6. The molecule has 166 valence electrons. The topological polar surface area (TPSA) is 80.4 Å². The molecule has 0 aliphatic carbocycles. The van der Waals surface area contributed by atoms with Gasteiger partial charge in [0.15, 0.2) is 6.29 Å². The summed E-state index contributed by atoms with van der Waals surface area (Å²) in [6.45, 7) is 7.46. The van der Waals surface area contributed by atoms with Crippen LogP contribution < -0.4 is 0 Å². The van der Waals surface area contributed by atoms with Gasteiger partial charge in [0.25, 0.3) is 0 Å². The van der Waals surface area contributed by atoms with Crippen LogP contribution in [0.15, 0.2) is 36.9 Å². The van der Waals surface area contributed by atoms with Gasteiger partial charge in [0.2, 0.25) is 0 Å². The van der Waals surface area contributed by atoms with Crippen molar-refractivity contribution in [2.45, 2.75) is 64.9 Å². The van der Waals surface area contributed by atoms with Crippen molar-refractivity contribution in [2.24, 2.45) is 0 Å². The van der Waals surface area contributed by atoms with Gasteiger partial charge >= 0.3 is 6.09 Å². The summed E-state index contributed by atoms with van der Waals surface area (Å²) in [6, 6.07) is 8.07. The Hall–Kier alpha value is -2.71. The lowest BCUT2D eigenvalue weighted by Gasteiger charge is -2.23. The number of benzene rings is 1. The van der Waals surface area contributed by atoms with Crippen LogP contribution in [-0.4, -0.2) is 50.5 Å². The van der Waals surface area contributed by atoms with Crippen molar-refractivity contribution >= 4 is 17.0 Å². The smallest absolute Gasteiger partial charge is 0.419 e. The molecule has 0 spiro atoms. The molecule has 0 radical (unpaired) electrons. The summed E-state index contributed by atoms with van der Waals surface area (Å²) in [4.78, 5) is 17.0. The minimum Gasteiger partial charge on any atom is -0.443 e. The largest absolute Gasteiger partial charge is 0.443 e. The average molecular weight is 427 g/mol. The van der Waals surface area contributed by atoms with Gasteiger partial charge in [-0.3, -0.25) is 0 Å². The second-order valence-corrected chi connectivity index (χ2v) is 8.85. The van der Waals surface area contributed by atoms with E-state index >= 15 is 0 Å². The van der Waals surface area contributed by atoms with Crippen molar-refractivity contribution in [1.29, 1.82) is 0 Å². The fraction of sp³-hybridized carbons (Fsp3) is 0.522. The van der Waals surface area contributed by atoms with Crippen LogP contribution in [-0.2, 0) is 27.2 Å². The number of fused-ring (bicyclic) bond motifs is 1. The molecule has 8 heteroatoms. The number of ether oxygens (including phenoxy) is 3. The van der Waals surface area contributed by atoms with Gasteiger partial charge in [-0.05, 0) is 63.8 Å². The van der Waals surface area contributed by atoms with E-state index in [9.17, 15) is 4.79 Å². The zero-order valence-corrected chi connectivity index (χ0v) is 18.4. The predicted octanol–water partition coefficient (Wildman–Crippen LogP) is 4.15. The maximum Gasteiger partial charge on any atom is 0.419 e. The molecule has 1 unspecified atom stereocenters. The van der Waals surface area contributed by atoms with E-state index < -0.39 is 5.60 Å². The molecular weight excluding hydrogens is 396 g/mol. The molecule has 3 heterocycles. The van der Waals surface area contributed by atoms with Crippen LogP contribution in [0.4, 0.5) is 4.79 Å². The van der Waals surface area contributed by atoms with Gasteiger partial charge in [-0.2, -0.15) is 5.10 Å². The van der Waals surface area contributed by atoms with Crippen LogP contribution in [0.3, 0.4) is 0 Å². The Morgan fingerprint density at radius 2 is 2.13 bits per heavy atom. The van der Waals surface area contributed by atoms with Crippen LogP contribution in [0.25, 0.3) is 10.9 Å². The molecule has 1 atom stereocenters. The highest BCUT2D eigenvalue weighted by Gasteiger charge is 2.23. The first-order valence-corrected chi connectivity index (χ1v) is 10.8. The molecule has 8 nitrogen and oxygen atoms in total. The summed E-state index contributed by atoms with van der Waals surface area (Å²) < 4.78 is 20.7. The maximum absolute atomic E-state index is 13.0. The number of nitrogens with zero attached hydrogens (tertiary/aromatic N) is 4. The van der Waals surface area contributed by atoms with E-state index in [0.29, 0.717) is 19.6 Å². The highest BCUT2D eigenvalue weighted by atomic mass is 16.7. The van der Waals surface area contributed by atoms with Gasteiger partial charge in [-0.15, -0.1) is 0 Å². The number of carbonyl (C=O) groups excluding carboxylic acids is 1. The lowest BCUT2D eigenvalue weighted by molar-refractivity contribution is -0.161. The molecule has 1 aliphatic rings. The van der Waals surface area contributed by atoms with Crippen LogP contribution in [0.1, 0.15) is 51.3 Å². The van der Waals surface area contributed by atoms with Crippen LogP contribution in [0.5, 0.6) is 0 Å². The lowest BCUT2D eigenvalue weighted by Crippen LogP contribution is -2.28. The second kappa shape index (κ2) is 9.20. The third kappa shape index (κ3) is 5.51. The summed E-state index contributed by atoms with van der Waals surface area (Å²) in [6.07, 6.45) is 6.39. The van der Waals surface area contributed by atoms with Crippen molar-refractivity contribution in [3.63, 3.8) is 0 Å². The van der Waals surface area contributed by atoms with Gasteiger partial charge in [0.05, 0.1) is 18.7 Å². The quantitative estimate of drug-likeness (QED) is 0.589. The number of carbonyl (C=O) groups is 1. The van der Waals surface area contributed by atoms with E-state index in [4.69, 9.17) is 14.2 Å². The molecule has 0 saturated carbocycles. The third-order valence-corrected chi connectivity index (χ3v) is 5.13. The van der Waals surface area contributed by atoms with Gasteiger partial charge < -0.3 is 14.2 Å². The minimum atomic E-state index is -0.579. The van der Waals surface area contributed by atoms with E-state index in [1.165, 1.54) is 6.33 Å². The van der Waals surface area contributed by atoms with Crippen molar-refractivity contribution in [3.05, 3.63) is 48.2 Å². The van der Waals surface area contributed by atoms with Crippen molar-refractivity contribution in [2.75, 3.05) is 13.2 Å². The Morgan fingerprint density at radius 3 is 2.84 bits per heavy atom. The zero-order chi connectivity index (χ0) is 21.8. The first-order chi connectivity index (χ1) is 14.9. The predicted molar refractivity (Wildman–Crippen MR) is 116 cm³/mol. The normalized spacial score (nSPS) is 17.2. The highest BCUT2D eigenvalue weighted by Crippen LogP contribution is 2.24. The average Bonchev–Trinajstić information content (AvgIpc) is 3.34. The monoisotopic (exact) mass is 426 g/mol. The van der Waals surface area contributed by atoms with Crippen LogP contribution >= 0.6 is 0 Å². The van der Waals surface area contributed by atoms with Gasteiger partial charge in [0.1, 0.15) is 18.3 Å². The van der Waals surface area contributed by atoms with E-state index in [0.717, 1.165) is 48.0 Å². The number of aromatic nitrogens is 4. The lowest BCUT2D eigenvalue weighted by atomic mass is 10.1. The molecule has 31 heavy (non-hydrogen) atoms. The first-order valence-electron chi connectivity index (χ1n) is 10.8. The van der Waals surface area contributed by atoms with Crippen LogP contribution in [0, 0.1) is 0 Å². The summed E-state index contributed by atoms with van der Waals surface area (Å²) in [7, 11) is 0. The van der Waals surface area contributed by atoms with Gasteiger partial charge in [0, 0.05) is 24.1 Å². The first kappa shape index (κ1) is 21.5. The Labute approximate surface area is 182 Å². The Bertz CT molecular complexity index is 1010. The fourth-order valence-electron chi connectivity index (χ4n) is 3.77. The highest BCUT2D eigenvalue weighted by molar-refractivity contribution is 5.91. The number of hydrogen-bond donors (Lipinski definition) is 0. The molecule has 1 aliphatic heterocycles. The molecule has 3 aromatic rings. The van der Waals surface area contributed by atoms with Gasteiger partial charge in [-0.1, -0.05) is 6.07 Å². The summed E-state index contributed by atoms with van der Waals surface area (Å²) in [5.74, 6) is 0. The Morgan fingerprint density at radius 1 is 1.26 bits per heavy atom. The Balaban J connectivity index is 1.57. The van der Waals surface area contributed by atoms with Crippen molar-refractivity contribution in [1.82, 2.24) is 19.3 Å².